The Kier molecular flexibility index (Phi) is 4.10. The molecule has 0 radical (unpaired) electrons. The third-order valence-corrected chi connectivity index (χ3v) is 5.25. The number of aromatic amines is 1. The van der Waals surface area contributed by atoms with Crippen LogP contribution >= 0.6 is 0 Å². The molecular weight excluding hydrogens is 384 g/mol. The van der Waals surface area contributed by atoms with Crippen LogP contribution < -0.4 is 19.6 Å². The molecule has 2 heterocycles. The van der Waals surface area contributed by atoms with Gasteiger partial charge in [0.25, 0.3) is 0 Å². The molecule has 5 aromatic rings. The molecule has 150 valence electrons. The smallest absolute Gasteiger partial charge is 0.193 e. The van der Waals surface area contributed by atoms with Crippen molar-refractivity contribution in [1.82, 2.24) is 10.2 Å². The van der Waals surface area contributed by atoms with Crippen LogP contribution in [0.1, 0.15) is 0 Å². The largest absolute Gasteiger partial charge is 0.496 e. The van der Waals surface area contributed by atoms with E-state index in [9.17, 15) is 4.79 Å². The molecule has 7 nitrogen and oxygen atoms in total. The number of hydrogen-bond acceptors (Lipinski definition) is 6. The summed E-state index contributed by atoms with van der Waals surface area (Å²) in [6.45, 7) is 0. The summed E-state index contributed by atoms with van der Waals surface area (Å²) in [5, 5.41) is 9.59. The highest BCUT2D eigenvalue weighted by Crippen LogP contribution is 2.43. The molecule has 0 spiro atoms. The van der Waals surface area contributed by atoms with Crippen molar-refractivity contribution in [3.8, 4) is 28.6 Å². The molecular formula is C23H18N2O5. The highest BCUT2D eigenvalue weighted by Gasteiger charge is 2.20. The molecule has 0 aliphatic heterocycles. The maximum absolute atomic E-state index is 13.0. The first-order valence-corrected chi connectivity index (χ1v) is 9.27. The second-order valence-corrected chi connectivity index (χ2v) is 6.82. The monoisotopic (exact) mass is 402 g/mol. The van der Waals surface area contributed by atoms with Crippen molar-refractivity contribution in [2.24, 2.45) is 0 Å². The molecule has 1 N–H and O–H groups in total. The quantitative estimate of drug-likeness (QED) is 0.445. The number of fused-ring (bicyclic) bond motifs is 4. The minimum absolute atomic E-state index is 0.177. The summed E-state index contributed by atoms with van der Waals surface area (Å²) in [6, 6.07) is 12.4. The molecule has 3 aromatic carbocycles. The lowest BCUT2D eigenvalue weighted by Gasteiger charge is -2.15. The van der Waals surface area contributed by atoms with E-state index in [1.807, 2.05) is 18.2 Å². The predicted molar refractivity (Wildman–Crippen MR) is 115 cm³/mol. The number of nitrogens with zero attached hydrogens (tertiary/aromatic N) is 1. The van der Waals surface area contributed by atoms with Crippen molar-refractivity contribution in [3.63, 3.8) is 0 Å². The summed E-state index contributed by atoms with van der Waals surface area (Å²) >= 11 is 0. The van der Waals surface area contributed by atoms with Crippen molar-refractivity contribution in [3.05, 3.63) is 58.9 Å². The van der Waals surface area contributed by atoms with E-state index in [4.69, 9.17) is 18.6 Å². The normalized spacial score (nSPS) is 11.3. The first-order valence-electron chi connectivity index (χ1n) is 9.27. The van der Waals surface area contributed by atoms with Crippen molar-refractivity contribution in [1.29, 1.82) is 0 Å². The van der Waals surface area contributed by atoms with Gasteiger partial charge >= 0.3 is 0 Å². The van der Waals surface area contributed by atoms with Gasteiger partial charge in [-0.15, -0.1) is 0 Å². The number of rotatable bonds is 4. The molecule has 0 unspecified atom stereocenters. The highest BCUT2D eigenvalue weighted by atomic mass is 16.5. The number of ether oxygens (including phenoxy) is 3. The van der Waals surface area contributed by atoms with Gasteiger partial charge in [-0.05, 0) is 36.4 Å². The molecule has 0 fully saturated rings. The zero-order valence-corrected chi connectivity index (χ0v) is 16.6. The minimum atomic E-state index is -0.177. The van der Waals surface area contributed by atoms with Gasteiger partial charge < -0.3 is 18.6 Å². The Hall–Kier alpha value is -4.00. The number of aromatic nitrogens is 2. The van der Waals surface area contributed by atoms with E-state index < -0.39 is 0 Å². The van der Waals surface area contributed by atoms with E-state index in [1.54, 1.807) is 45.7 Å². The average molecular weight is 402 g/mol. The van der Waals surface area contributed by atoms with Crippen LogP contribution in [0.5, 0.6) is 17.2 Å². The fraction of sp³-hybridized carbons (Fsp3) is 0.130. The second-order valence-electron chi connectivity index (χ2n) is 6.82. The third-order valence-electron chi connectivity index (χ3n) is 5.25. The summed E-state index contributed by atoms with van der Waals surface area (Å²) in [7, 11) is 4.70. The molecule has 2 aromatic heterocycles. The topological polar surface area (TPSA) is 86.6 Å². The Morgan fingerprint density at radius 1 is 0.867 bits per heavy atom. The van der Waals surface area contributed by atoms with E-state index in [0.717, 1.165) is 16.5 Å². The van der Waals surface area contributed by atoms with Crippen molar-refractivity contribution < 1.29 is 18.6 Å². The Labute approximate surface area is 170 Å². The van der Waals surface area contributed by atoms with Crippen LogP contribution in [0.3, 0.4) is 0 Å². The number of methoxy groups -OCH3 is 3. The molecule has 30 heavy (non-hydrogen) atoms. The summed E-state index contributed by atoms with van der Waals surface area (Å²) in [4.78, 5) is 13.0. The van der Waals surface area contributed by atoms with Gasteiger partial charge in [-0.2, -0.15) is 5.10 Å². The van der Waals surface area contributed by atoms with Crippen LogP contribution in [-0.2, 0) is 0 Å². The van der Waals surface area contributed by atoms with Gasteiger partial charge in [0.1, 0.15) is 23.0 Å². The lowest BCUT2D eigenvalue weighted by molar-refractivity contribution is 0.400. The molecule has 0 aliphatic carbocycles. The molecule has 0 bridgehead atoms. The van der Waals surface area contributed by atoms with Crippen LogP contribution in [0.15, 0.2) is 57.9 Å². The number of benzene rings is 3. The average Bonchev–Trinajstić information content (AvgIpc) is 3.25. The van der Waals surface area contributed by atoms with E-state index in [0.29, 0.717) is 44.8 Å². The fourth-order valence-electron chi connectivity index (χ4n) is 3.80. The van der Waals surface area contributed by atoms with E-state index in [-0.39, 0.29) is 5.43 Å². The van der Waals surface area contributed by atoms with Gasteiger partial charge in [0, 0.05) is 17.0 Å². The zero-order chi connectivity index (χ0) is 20.8. The van der Waals surface area contributed by atoms with Crippen molar-refractivity contribution in [2.45, 2.75) is 0 Å². The maximum Gasteiger partial charge on any atom is 0.193 e. The first-order chi connectivity index (χ1) is 14.6. The van der Waals surface area contributed by atoms with Crippen LogP contribution in [0.2, 0.25) is 0 Å². The van der Waals surface area contributed by atoms with Crippen molar-refractivity contribution in [2.75, 3.05) is 21.3 Å². The number of hydrogen-bond donors (Lipinski definition) is 1. The van der Waals surface area contributed by atoms with Gasteiger partial charge in [0.2, 0.25) is 0 Å². The van der Waals surface area contributed by atoms with Gasteiger partial charge in [0.05, 0.1) is 49.2 Å². The summed E-state index contributed by atoms with van der Waals surface area (Å²) in [6.07, 6.45) is 1.73. The molecule has 0 saturated heterocycles. The van der Waals surface area contributed by atoms with Crippen molar-refractivity contribution >= 4 is 32.6 Å². The van der Waals surface area contributed by atoms with E-state index >= 15 is 0 Å². The van der Waals surface area contributed by atoms with Crippen LogP contribution in [0.25, 0.3) is 44.0 Å². The molecule has 0 aliphatic rings. The number of H-pyrrole nitrogens is 1. The number of nitrogens with one attached hydrogen (secondary N) is 1. The standard InChI is InChI=1S/C23H18N2O5/c1-27-17-6-7-18(28-2)22-21(17)20(29-3)9-14-16(26)10-19(30-23(14)22)12-4-5-15-13(8-12)11-24-25-15/h4-11H,1-3H3,(H,24,25). The lowest BCUT2D eigenvalue weighted by Crippen LogP contribution is -2.03. The molecule has 0 atom stereocenters. The van der Waals surface area contributed by atoms with Gasteiger partial charge in [-0.3, -0.25) is 9.89 Å². The summed E-state index contributed by atoms with van der Waals surface area (Å²) < 4.78 is 23.0. The minimum Gasteiger partial charge on any atom is -0.496 e. The third kappa shape index (κ3) is 2.59. The SMILES string of the molecule is COc1ccc(OC)c2c1c(OC)cc1c(=O)cc(-c3ccc4[nH]ncc4c3)oc12. The summed E-state index contributed by atoms with van der Waals surface area (Å²) in [5.74, 6) is 2.11. The van der Waals surface area contributed by atoms with E-state index in [1.165, 1.54) is 6.07 Å². The van der Waals surface area contributed by atoms with Gasteiger partial charge in [-0.1, -0.05) is 0 Å². The van der Waals surface area contributed by atoms with Crippen LogP contribution in [0, 0.1) is 0 Å². The van der Waals surface area contributed by atoms with Gasteiger partial charge in [-0.25, -0.2) is 0 Å². The lowest BCUT2D eigenvalue weighted by atomic mass is 10.0. The van der Waals surface area contributed by atoms with Crippen LogP contribution in [-0.4, -0.2) is 31.5 Å². The van der Waals surface area contributed by atoms with E-state index in [2.05, 4.69) is 10.2 Å². The Morgan fingerprint density at radius 3 is 2.33 bits per heavy atom. The molecule has 5 rings (SSSR count). The first kappa shape index (κ1) is 18.1. The maximum atomic E-state index is 13.0. The predicted octanol–water partition coefficient (Wildman–Crippen LogP) is 4.52. The molecule has 7 heteroatoms. The molecule has 0 saturated carbocycles. The van der Waals surface area contributed by atoms with Crippen LogP contribution in [0.4, 0.5) is 0 Å². The second kappa shape index (κ2) is 6.81. The highest BCUT2D eigenvalue weighted by molar-refractivity contribution is 6.13. The Balaban J connectivity index is 1.91. The zero-order valence-electron chi connectivity index (χ0n) is 16.6. The van der Waals surface area contributed by atoms with Gasteiger partial charge in [0.15, 0.2) is 11.0 Å². The Morgan fingerprint density at radius 2 is 1.60 bits per heavy atom. The summed E-state index contributed by atoms with van der Waals surface area (Å²) in [5.41, 5.74) is 1.91. The Bertz CT molecular complexity index is 1480. The fourth-order valence-corrected chi connectivity index (χ4v) is 3.80. The molecule has 0 amide bonds.